The average molecular weight is 197 g/mol. The van der Waals surface area contributed by atoms with Crippen molar-refractivity contribution in [1.29, 1.82) is 0 Å². The van der Waals surface area contributed by atoms with Crippen molar-refractivity contribution in [2.75, 3.05) is 5.32 Å². The lowest BCUT2D eigenvalue weighted by Crippen LogP contribution is -2.01. The Kier molecular flexibility index (Phi) is 2.13. The highest BCUT2D eigenvalue weighted by molar-refractivity contribution is 7.13. The summed E-state index contributed by atoms with van der Waals surface area (Å²) in [5.41, 5.74) is 1.66. The van der Waals surface area contributed by atoms with Crippen molar-refractivity contribution in [3.8, 4) is 0 Å². The van der Waals surface area contributed by atoms with Gasteiger partial charge in [-0.2, -0.15) is 4.80 Å². The molecule has 2 rings (SSSR count). The summed E-state index contributed by atoms with van der Waals surface area (Å²) in [6.07, 6.45) is 0. The van der Waals surface area contributed by atoms with Gasteiger partial charge in [0.05, 0.1) is 13.6 Å². The largest absolute Gasteiger partial charge is 0.353 e. The van der Waals surface area contributed by atoms with Crippen molar-refractivity contribution in [2.45, 2.75) is 6.54 Å². The van der Waals surface area contributed by atoms with Crippen molar-refractivity contribution in [1.82, 2.24) is 30.4 Å². The molecule has 2 aromatic rings. The van der Waals surface area contributed by atoms with Crippen LogP contribution in [0.4, 0.5) is 5.13 Å². The molecule has 2 aromatic heterocycles. The van der Waals surface area contributed by atoms with E-state index in [2.05, 4.69) is 30.9 Å². The molecule has 0 amide bonds. The van der Waals surface area contributed by atoms with Crippen LogP contribution in [-0.2, 0) is 13.6 Å². The number of nitrogens with one attached hydrogen (secondary N) is 1. The van der Waals surface area contributed by atoms with Crippen LogP contribution < -0.4 is 5.32 Å². The minimum absolute atomic E-state index is 0.517. The zero-order valence-electron chi connectivity index (χ0n) is 6.88. The predicted octanol–water partition coefficient (Wildman–Crippen LogP) is -0.326. The van der Waals surface area contributed by atoms with Crippen LogP contribution in [0.25, 0.3) is 0 Å². The first-order valence-electron chi connectivity index (χ1n) is 3.57. The fraction of sp³-hybridized carbons (Fsp3) is 0.400. The van der Waals surface area contributed by atoms with E-state index in [1.807, 2.05) is 0 Å². The van der Waals surface area contributed by atoms with Crippen molar-refractivity contribution in [3.63, 3.8) is 0 Å². The van der Waals surface area contributed by atoms with Gasteiger partial charge in [-0.05, 0) is 5.21 Å². The molecule has 0 aliphatic carbocycles. The van der Waals surface area contributed by atoms with E-state index in [9.17, 15) is 0 Å². The second kappa shape index (κ2) is 3.44. The van der Waals surface area contributed by atoms with Gasteiger partial charge in [0.25, 0.3) is 0 Å². The molecule has 0 fully saturated rings. The van der Waals surface area contributed by atoms with Crippen molar-refractivity contribution in [3.05, 3.63) is 11.3 Å². The number of aromatic nitrogens is 6. The summed E-state index contributed by atoms with van der Waals surface area (Å²) < 4.78 is 0. The zero-order chi connectivity index (χ0) is 9.10. The molecule has 1 N–H and O–H groups in total. The zero-order valence-corrected chi connectivity index (χ0v) is 7.69. The maximum atomic E-state index is 4.00. The summed E-state index contributed by atoms with van der Waals surface area (Å²) in [4.78, 5) is 1.41. The molecule has 0 saturated carbocycles. The van der Waals surface area contributed by atoms with Crippen LogP contribution in [-0.4, -0.2) is 30.4 Å². The number of tetrazole rings is 1. The summed E-state index contributed by atoms with van der Waals surface area (Å²) in [5.74, 6) is 0.637. The lowest BCUT2D eigenvalue weighted by molar-refractivity contribution is 0.628. The van der Waals surface area contributed by atoms with Gasteiger partial charge in [-0.1, -0.05) is 11.3 Å². The van der Waals surface area contributed by atoms with E-state index < -0.39 is 0 Å². The van der Waals surface area contributed by atoms with Gasteiger partial charge < -0.3 is 5.32 Å². The van der Waals surface area contributed by atoms with Crippen molar-refractivity contribution >= 4 is 16.5 Å². The molecule has 0 spiro atoms. The van der Waals surface area contributed by atoms with Crippen molar-refractivity contribution < 1.29 is 0 Å². The Hall–Kier alpha value is -1.57. The molecule has 0 aliphatic rings. The van der Waals surface area contributed by atoms with Gasteiger partial charge in [0.15, 0.2) is 5.82 Å². The highest BCUT2D eigenvalue weighted by Crippen LogP contribution is 2.08. The lowest BCUT2D eigenvalue weighted by Gasteiger charge is -1.94. The Morgan fingerprint density at radius 1 is 1.54 bits per heavy atom. The highest BCUT2D eigenvalue weighted by atomic mass is 32.1. The van der Waals surface area contributed by atoms with E-state index >= 15 is 0 Å². The number of rotatable bonds is 3. The summed E-state index contributed by atoms with van der Waals surface area (Å²) >= 11 is 1.43. The molecule has 2 heterocycles. The monoisotopic (exact) mass is 197 g/mol. The van der Waals surface area contributed by atoms with E-state index in [0.29, 0.717) is 12.4 Å². The molecule has 0 unspecified atom stereocenters. The summed E-state index contributed by atoms with van der Waals surface area (Å²) in [5, 5.41) is 22.8. The molecule has 68 valence electrons. The second-order valence-electron chi connectivity index (χ2n) is 2.29. The molecule has 0 saturated heterocycles. The lowest BCUT2D eigenvalue weighted by atomic mass is 10.6. The molecule has 0 radical (unpaired) electrons. The minimum Gasteiger partial charge on any atom is -0.353 e. The molecule has 0 aliphatic heterocycles. The Bertz CT molecular complexity index is 366. The van der Waals surface area contributed by atoms with E-state index in [-0.39, 0.29) is 0 Å². The Morgan fingerprint density at radius 2 is 2.46 bits per heavy atom. The highest BCUT2D eigenvalue weighted by Gasteiger charge is 2.00. The summed E-state index contributed by atoms with van der Waals surface area (Å²) in [6, 6.07) is 0. The molecular formula is C5H7N7S. The van der Waals surface area contributed by atoms with Crippen LogP contribution in [0.15, 0.2) is 5.51 Å². The maximum Gasteiger partial charge on any atom is 0.205 e. The van der Waals surface area contributed by atoms with Crippen LogP contribution in [0.5, 0.6) is 0 Å². The van der Waals surface area contributed by atoms with Crippen LogP contribution >= 0.6 is 11.3 Å². The second-order valence-corrected chi connectivity index (χ2v) is 3.13. The number of hydrogen-bond acceptors (Lipinski definition) is 7. The van der Waals surface area contributed by atoms with E-state index in [1.165, 1.54) is 16.1 Å². The van der Waals surface area contributed by atoms with Gasteiger partial charge in [-0.3, -0.25) is 0 Å². The Balaban J connectivity index is 1.93. The van der Waals surface area contributed by atoms with Gasteiger partial charge in [0, 0.05) is 0 Å². The van der Waals surface area contributed by atoms with Gasteiger partial charge in [0.2, 0.25) is 5.13 Å². The van der Waals surface area contributed by atoms with Gasteiger partial charge in [0.1, 0.15) is 5.51 Å². The first-order chi connectivity index (χ1) is 6.34. The number of aryl methyl sites for hydroxylation is 1. The van der Waals surface area contributed by atoms with Crippen LogP contribution in [0, 0.1) is 0 Å². The maximum absolute atomic E-state index is 4.00. The molecule has 0 atom stereocenters. The molecule has 7 nitrogen and oxygen atoms in total. The SMILES string of the molecule is Cn1nnc(CNc2nncs2)n1. The average Bonchev–Trinajstić information content (AvgIpc) is 2.71. The Labute approximate surface area is 77.8 Å². The molecule has 13 heavy (non-hydrogen) atoms. The third-order valence-corrected chi connectivity index (χ3v) is 1.96. The van der Waals surface area contributed by atoms with Crippen molar-refractivity contribution in [2.24, 2.45) is 7.05 Å². The van der Waals surface area contributed by atoms with Gasteiger partial charge in [-0.15, -0.1) is 20.4 Å². The fourth-order valence-electron chi connectivity index (χ4n) is 0.799. The topological polar surface area (TPSA) is 81.4 Å². The molecular weight excluding hydrogens is 190 g/mol. The first-order valence-corrected chi connectivity index (χ1v) is 4.45. The third-order valence-electron chi connectivity index (χ3n) is 1.31. The predicted molar refractivity (Wildman–Crippen MR) is 46.0 cm³/mol. The van der Waals surface area contributed by atoms with Crippen LogP contribution in [0.2, 0.25) is 0 Å². The van der Waals surface area contributed by atoms with Gasteiger partial charge >= 0.3 is 0 Å². The van der Waals surface area contributed by atoms with Crippen LogP contribution in [0.3, 0.4) is 0 Å². The Morgan fingerprint density at radius 3 is 3.08 bits per heavy atom. The van der Waals surface area contributed by atoms with Crippen LogP contribution in [0.1, 0.15) is 5.82 Å². The third kappa shape index (κ3) is 1.96. The van der Waals surface area contributed by atoms with E-state index in [1.54, 1.807) is 12.6 Å². The molecule has 0 aromatic carbocycles. The summed E-state index contributed by atoms with van der Waals surface area (Å²) in [7, 11) is 1.72. The van der Waals surface area contributed by atoms with Gasteiger partial charge in [-0.25, -0.2) is 0 Å². The standard InChI is InChI=1S/C5H7N7S/c1-12-10-4(8-11-12)2-6-5-9-7-3-13-5/h3H,2H2,1H3,(H,6,9). The number of nitrogens with zero attached hydrogens (tertiary/aromatic N) is 6. The summed E-state index contributed by atoms with van der Waals surface area (Å²) in [6.45, 7) is 0.517. The minimum atomic E-state index is 0.517. The van der Waals surface area contributed by atoms with E-state index in [4.69, 9.17) is 0 Å². The number of hydrogen-bond donors (Lipinski definition) is 1. The quantitative estimate of drug-likeness (QED) is 0.725. The number of anilines is 1. The normalized spacial score (nSPS) is 10.2. The first kappa shape index (κ1) is 8.05. The van der Waals surface area contributed by atoms with E-state index in [0.717, 1.165) is 5.13 Å². The smallest absolute Gasteiger partial charge is 0.205 e. The fourth-order valence-corrected chi connectivity index (χ4v) is 1.24. The molecule has 0 bridgehead atoms. The molecule has 8 heteroatoms.